The van der Waals surface area contributed by atoms with Crippen LogP contribution in [-0.4, -0.2) is 48.7 Å². The van der Waals surface area contributed by atoms with Crippen LogP contribution in [0, 0.1) is 0 Å². The quantitative estimate of drug-likeness (QED) is 0.612. The largest absolute Gasteiger partial charge is 0.394 e. The van der Waals surface area contributed by atoms with Crippen LogP contribution in [0.5, 0.6) is 0 Å². The zero-order chi connectivity index (χ0) is 12.6. The molecule has 0 aliphatic heterocycles. The minimum atomic E-state index is -0.166. The maximum atomic E-state index is 11.3. The molecule has 0 bridgehead atoms. The molecule has 1 amide bonds. The molecule has 0 aromatic carbocycles. The molecular weight excluding hydrogens is 204 g/mol. The van der Waals surface area contributed by atoms with Gasteiger partial charge in [0.25, 0.3) is 0 Å². The molecule has 0 spiro atoms. The van der Waals surface area contributed by atoms with E-state index in [9.17, 15) is 9.90 Å². The lowest BCUT2D eigenvalue weighted by Crippen LogP contribution is -2.48. The van der Waals surface area contributed by atoms with E-state index in [-0.39, 0.29) is 18.1 Å². The summed E-state index contributed by atoms with van der Waals surface area (Å²) >= 11 is 0. The molecule has 0 unspecified atom stereocenters. The molecule has 0 heterocycles. The van der Waals surface area contributed by atoms with E-state index in [0.29, 0.717) is 6.42 Å². The fraction of sp³-hybridized carbons (Fsp3) is 0.917. The Bertz CT molecular complexity index is 193. The maximum absolute atomic E-state index is 11.3. The lowest BCUT2D eigenvalue weighted by Gasteiger charge is -2.31. The summed E-state index contributed by atoms with van der Waals surface area (Å²) in [7, 11) is 3.54. The molecular formula is C12H26N2O2. The number of rotatable bonds is 8. The Labute approximate surface area is 99.0 Å². The van der Waals surface area contributed by atoms with E-state index in [0.717, 1.165) is 25.8 Å². The fourth-order valence-corrected chi connectivity index (χ4v) is 1.60. The summed E-state index contributed by atoms with van der Waals surface area (Å²) in [4.78, 5) is 12.9. The maximum Gasteiger partial charge on any atom is 0.222 e. The Morgan fingerprint density at radius 3 is 2.25 bits per heavy atom. The zero-order valence-electron chi connectivity index (χ0n) is 11.0. The van der Waals surface area contributed by atoms with Gasteiger partial charge >= 0.3 is 0 Å². The molecule has 0 aliphatic carbocycles. The van der Waals surface area contributed by atoms with Crippen molar-refractivity contribution in [2.24, 2.45) is 0 Å². The number of hydrogen-bond acceptors (Lipinski definition) is 3. The highest BCUT2D eigenvalue weighted by atomic mass is 16.3. The second-order valence-corrected chi connectivity index (χ2v) is 4.46. The van der Waals surface area contributed by atoms with Gasteiger partial charge in [0.05, 0.1) is 6.61 Å². The van der Waals surface area contributed by atoms with Gasteiger partial charge in [-0.05, 0) is 25.8 Å². The van der Waals surface area contributed by atoms with Gasteiger partial charge in [0.15, 0.2) is 0 Å². The SMILES string of the molecule is CCC(CC)(CO)NCCCC(=O)N(C)C. The molecule has 4 heteroatoms. The number of aliphatic hydroxyl groups excluding tert-OH is 1. The molecule has 16 heavy (non-hydrogen) atoms. The first kappa shape index (κ1) is 15.4. The van der Waals surface area contributed by atoms with Gasteiger partial charge in [0, 0.05) is 26.1 Å². The van der Waals surface area contributed by atoms with Crippen molar-refractivity contribution in [1.29, 1.82) is 0 Å². The molecule has 0 aromatic heterocycles. The summed E-state index contributed by atoms with van der Waals surface area (Å²) in [5, 5.41) is 12.7. The van der Waals surface area contributed by atoms with E-state index < -0.39 is 0 Å². The van der Waals surface area contributed by atoms with E-state index in [1.807, 2.05) is 0 Å². The van der Waals surface area contributed by atoms with Crippen LogP contribution in [0.4, 0.5) is 0 Å². The number of carbonyl (C=O) groups excluding carboxylic acids is 1. The highest BCUT2D eigenvalue weighted by Crippen LogP contribution is 2.13. The van der Waals surface area contributed by atoms with Gasteiger partial charge in [-0.2, -0.15) is 0 Å². The third-order valence-corrected chi connectivity index (χ3v) is 3.22. The number of aliphatic hydroxyl groups is 1. The lowest BCUT2D eigenvalue weighted by molar-refractivity contribution is -0.128. The summed E-state index contributed by atoms with van der Waals surface area (Å²) in [6.07, 6.45) is 3.19. The Morgan fingerprint density at radius 2 is 1.88 bits per heavy atom. The van der Waals surface area contributed by atoms with E-state index in [4.69, 9.17) is 0 Å². The molecule has 0 saturated carbocycles. The van der Waals surface area contributed by atoms with Gasteiger partial charge in [0.1, 0.15) is 0 Å². The summed E-state index contributed by atoms with van der Waals surface area (Å²) < 4.78 is 0. The second kappa shape index (κ2) is 7.63. The van der Waals surface area contributed by atoms with Crippen molar-refractivity contribution in [3.63, 3.8) is 0 Å². The van der Waals surface area contributed by atoms with Gasteiger partial charge in [-0.15, -0.1) is 0 Å². The van der Waals surface area contributed by atoms with Crippen LogP contribution in [0.1, 0.15) is 39.5 Å². The van der Waals surface area contributed by atoms with Crippen LogP contribution in [0.25, 0.3) is 0 Å². The number of hydrogen-bond donors (Lipinski definition) is 2. The van der Waals surface area contributed by atoms with Crippen molar-refractivity contribution in [2.75, 3.05) is 27.2 Å². The van der Waals surface area contributed by atoms with Crippen molar-refractivity contribution in [2.45, 2.75) is 45.1 Å². The Morgan fingerprint density at radius 1 is 1.31 bits per heavy atom. The van der Waals surface area contributed by atoms with Crippen LogP contribution in [0.2, 0.25) is 0 Å². The molecule has 0 atom stereocenters. The Balaban J connectivity index is 3.83. The summed E-state index contributed by atoms with van der Waals surface area (Å²) in [5.74, 6) is 0.157. The summed E-state index contributed by atoms with van der Waals surface area (Å²) in [5.41, 5.74) is -0.166. The molecule has 4 nitrogen and oxygen atoms in total. The topological polar surface area (TPSA) is 52.6 Å². The number of nitrogens with zero attached hydrogens (tertiary/aromatic N) is 1. The van der Waals surface area contributed by atoms with Gasteiger partial charge in [-0.1, -0.05) is 13.8 Å². The molecule has 2 N–H and O–H groups in total. The van der Waals surface area contributed by atoms with E-state index >= 15 is 0 Å². The predicted molar refractivity (Wildman–Crippen MR) is 66.3 cm³/mol. The van der Waals surface area contributed by atoms with Crippen LogP contribution in [-0.2, 0) is 4.79 Å². The van der Waals surface area contributed by atoms with Crippen molar-refractivity contribution < 1.29 is 9.90 Å². The second-order valence-electron chi connectivity index (χ2n) is 4.46. The van der Waals surface area contributed by atoms with Crippen molar-refractivity contribution in [3.05, 3.63) is 0 Å². The van der Waals surface area contributed by atoms with Crippen molar-refractivity contribution in [3.8, 4) is 0 Å². The first-order valence-corrected chi connectivity index (χ1v) is 6.07. The van der Waals surface area contributed by atoms with Gasteiger partial charge in [-0.25, -0.2) is 0 Å². The number of amides is 1. The van der Waals surface area contributed by atoms with Crippen molar-refractivity contribution >= 4 is 5.91 Å². The molecule has 96 valence electrons. The first-order chi connectivity index (χ1) is 7.51. The predicted octanol–water partition coefficient (Wildman–Crippen LogP) is 0.995. The average molecular weight is 230 g/mol. The Kier molecular flexibility index (Phi) is 7.34. The highest BCUT2D eigenvalue weighted by molar-refractivity contribution is 5.75. The Hall–Kier alpha value is -0.610. The number of nitrogens with one attached hydrogen (secondary N) is 1. The molecule has 0 aliphatic rings. The zero-order valence-corrected chi connectivity index (χ0v) is 11.0. The molecule has 0 radical (unpaired) electrons. The smallest absolute Gasteiger partial charge is 0.222 e. The first-order valence-electron chi connectivity index (χ1n) is 6.07. The highest BCUT2D eigenvalue weighted by Gasteiger charge is 2.23. The molecule has 0 fully saturated rings. The summed E-state index contributed by atoms with van der Waals surface area (Å²) in [6, 6.07) is 0. The molecule has 0 saturated heterocycles. The van der Waals surface area contributed by atoms with Crippen LogP contribution in [0.15, 0.2) is 0 Å². The van der Waals surface area contributed by atoms with Crippen LogP contribution in [0.3, 0.4) is 0 Å². The van der Waals surface area contributed by atoms with Gasteiger partial charge in [-0.3, -0.25) is 4.79 Å². The monoisotopic (exact) mass is 230 g/mol. The normalized spacial score (nSPS) is 11.6. The van der Waals surface area contributed by atoms with Crippen molar-refractivity contribution in [1.82, 2.24) is 10.2 Å². The molecule has 0 aromatic rings. The molecule has 0 rings (SSSR count). The van der Waals surface area contributed by atoms with E-state index in [1.165, 1.54) is 0 Å². The average Bonchev–Trinajstić information content (AvgIpc) is 2.30. The third kappa shape index (κ3) is 4.94. The fourth-order valence-electron chi connectivity index (χ4n) is 1.60. The van der Waals surface area contributed by atoms with Gasteiger partial charge < -0.3 is 15.3 Å². The standard InChI is InChI=1S/C12H26N2O2/c1-5-12(6-2,10-15)13-9-7-8-11(16)14(3)4/h13,15H,5-10H2,1-4H3. The van der Waals surface area contributed by atoms with E-state index in [2.05, 4.69) is 19.2 Å². The van der Waals surface area contributed by atoms with Crippen LogP contribution >= 0.6 is 0 Å². The lowest BCUT2D eigenvalue weighted by atomic mass is 9.94. The van der Waals surface area contributed by atoms with Gasteiger partial charge in [0.2, 0.25) is 5.91 Å². The minimum Gasteiger partial charge on any atom is -0.394 e. The van der Waals surface area contributed by atoms with Crippen LogP contribution < -0.4 is 5.32 Å². The van der Waals surface area contributed by atoms with E-state index in [1.54, 1.807) is 19.0 Å². The summed E-state index contributed by atoms with van der Waals surface area (Å²) in [6.45, 7) is 5.07. The third-order valence-electron chi connectivity index (χ3n) is 3.22. The number of carbonyl (C=O) groups is 1. The minimum absolute atomic E-state index is 0.154.